The second kappa shape index (κ2) is 7.97. The van der Waals surface area contributed by atoms with Gasteiger partial charge < -0.3 is 16.4 Å². The zero-order chi connectivity index (χ0) is 18.0. The van der Waals surface area contributed by atoms with Crippen LogP contribution in [0.25, 0.3) is 0 Å². The molecule has 2 aromatic carbocycles. The van der Waals surface area contributed by atoms with E-state index in [1.165, 1.54) is 12.1 Å². The van der Waals surface area contributed by atoms with E-state index >= 15 is 0 Å². The molecule has 0 aliphatic heterocycles. The van der Waals surface area contributed by atoms with Gasteiger partial charge in [-0.15, -0.1) is 12.4 Å². The third-order valence-electron chi connectivity index (χ3n) is 4.30. The molecule has 2 atom stereocenters. The highest BCUT2D eigenvalue weighted by atomic mass is 35.5. The second-order valence-electron chi connectivity index (χ2n) is 6.08. The van der Waals surface area contributed by atoms with Gasteiger partial charge in [0.1, 0.15) is 0 Å². The van der Waals surface area contributed by atoms with E-state index in [1.807, 2.05) is 18.2 Å². The predicted molar refractivity (Wildman–Crippen MR) is 97.7 cm³/mol. The molecule has 1 aliphatic rings. The molecule has 4 nitrogen and oxygen atoms in total. The van der Waals surface area contributed by atoms with Gasteiger partial charge >= 0.3 is 12.2 Å². The molecule has 8 heteroatoms. The lowest BCUT2D eigenvalue weighted by atomic mass is 10.1. The number of hydrogen-bond acceptors (Lipinski definition) is 2. The Morgan fingerprint density at radius 3 is 2.31 bits per heavy atom. The number of anilines is 2. The maximum Gasteiger partial charge on any atom is 0.416 e. The van der Waals surface area contributed by atoms with Crippen LogP contribution >= 0.6 is 12.4 Å². The van der Waals surface area contributed by atoms with Crippen LogP contribution in [-0.4, -0.2) is 12.6 Å². The molecule has 0 heterocycles. The van der Waals surface area contributed by atoms with Gasteiger partial charge in [-0.25, -0.2) is 4.79 Å². The van der Waals surface area contributed by atoms with E-state index in [9.17, 15) is 18.0 Å². The van der Waals surface area contributed by atoms with Crippen molar-refractivity contribution in [3.63, 3.8) is 0 Å². The Morgan fingerprint density at radius 2 is 1.73 bits per heavy atom. The predicted octanol–water partition coefficient (Wildman–Crippen LogP) is 4.83. The second-order valence-corrected chi connectivity index (χ2v) is 6.08. The van der Waals surface area contributed by atoms with Gasteiger partial charge in [0, 0.05) is 11.4 Å². The Kier molecular flexibility index (Phi) is 6.15. The van der Waals surface area contributed by atoms with E-state index in [4.69, 9.17) is 5.73 Å². The van der Waals surface area contributed by atoms with Crippen LogP contribution in [-0.2, 0) is 6.18 Å². The average Bonchev–Trinajstić information content (AvgIpc) is 3.34. The van der Waals surface area contributed by atoms with Crippen LogP contribution in [0, 0.1) is 5.92 Å². The largest absolute Gasteiger partial charge is 0.416 e. The highest BCUT2D eigenvalue weighted by Crippen LogP contribution is 2.49. The molecule has 3 rings (SSSR count). The number of rotatable bonds is 4. The van der Waals surface area contributed by atoms with Gasteiger partial charge in [0.15, 0.2) is 0 Å². The molecule has 1 fully saturated rings. The highest BCUT2D eigenvalue weighted by Gasteiger charge is 2.38. The van der Waals surface area contributed by atoms with E-state index in [2.05, 4.69) is 10.6 Å². The molecule has 1 aliphatic carbocycles. The standard InChI is InChI=1S/C18H18F3N3O.ClH/c19-18(20,21)12-5-7-13(8-6-12)23-17(25)24-16-4-2-1-3-14(16)15-9-11(15)10-22;/h1-8,11,15H,9-10,22H2,(H2,23,24,25);1H/t11-,15+;/m0./s1. The lowest BCUT2D eigenvalue weighted by molar-refractivity contribution is -0.137. The number of amides is 2. The number of benzene rings is 2. The maximum absolute atomic E-state index is 12.5. The monoisotopic (exact) mass is 385 g/mol. The van der Waals surface area contributed by atoms with Crippen LogP contribution in [0.5, 0.6) is 0 Å². The Labute approximate surface area is 155 Å². The van der Waals surface area contributed by atoms with Crippen LogP contribution in [0.15, 0.2) is 48.5 Å². The van der Waals surface area contributed by atoms with Gasteiger partial charge in [-0.05, 0) is 60.7 Å². The number of alkyl halides is 3. The van der Waals surface area contributed by atoms with Gasteiger partial charge in [0.05, 0.1) is 5.56 Å². The van der Waals surface area contributed by atoms with Crippen molar-refractivity contribution in [1.82, 2.24) is 0 Å². The summed E-state index contributed by atoms with van der Waals surface area (Å²) in [5.74, 6) is 0.772. The lowest BCUT2D eigenvalue weighted by Gasteiger charge is -2.12. The third-order valence-corrected chi connectivity index (χ3v) is 4.30. The minimum absolute atomic E-state index is 0. The van der Waals surface area contributed by atoms with Gasteiger partial charge in [-0.1, -0.05) is 18.2 Å². The summed E-state index contributed by atoms with van der Waals surface area (Å²) >= 11 is 0. The van der Waals surface area contributed by atoms with E-state index in [0.29, 0.717) is 24.1 Å². The molecule has 4 N–H and O–H groups in total. The molecule has 2 aromatic rings. The van der Waals surface area contributed by atoms with Gasteiger partial charge in [0.25, 0.3) is 0 Å². The minimum Gasteiger partial charge on any atom is -0.330 e. The normalized spacial score (nSPS) is 18.6. The van der Waals surface area contributed by atoms with Crippen molar-refractivity contribution in [3.05, 3.63) is 59.7 Å². The summed E-state index contributed by atoms with van der Waals surface area (Å²) in [5.41, 5.74) is 6.92. The van der Waals surface area contributed by atoms with Crippen molar-refractivity contribution in [3.8, 4) is 0 Å². The van der Waals surface area contributed by atoms with E-state index in [0.717, 1.165) is 24.1 Å². The summed E-state index contributed by atoms with van der Waals surface area (Å²) in [6.07, 6.45) is -3.40. The fourth-order valence-corrected chi connectivity index (χ4v) is 2.85. The van der Waals surface area contributed by atoms with Crippen molar-refractivity contribution in [2.45, 2.75) is 18.5 Å². The van der Waals surface area contributed by atoms with Gasteiger partial charge in [-0.2, -0.15) is 13.2 Å². The number of carbonyl (C=O) groups is 1. The number of nitrogens with one attached hydrogen (secondary N) is 2. The smallest absolute Gasteiger partial charge is 0.330 e. The topological polar surface area (TPSA) is 67.1 Å². The van der Waals surface area contributed by atoms with E-state index in [-0.39, 0.29) is 18.1 Å². The minimum atomic E-state index is -4.40. The Morgan fingerprint density at radius 1 is 1.08 bits per heavy atom. The first-order valence-electron chi connectivity index (χ1n) is 7.92. The molecular weight excluding hydrogens is 367 g/mol. The fourth-order valence-electron chi connectivity index (χ4n) is 2.85. The van der Waals surface area contributed by atoms with Crippen LogP contribution in [0.4, 0.5) is 29.3 Å². The van der Waals surface area contributed by atoms with Crippen molar-refractivity contribution in [1.29, 1.82) is 0 Å². The Balaban J connectivity index is 0.00000243. The van der Waals surface area contributed by atoms with Crippen LogP contribution in [0.1, 0.15) is 23.5 Å². The molecular formula is C18H19ClF3N3O. The zero-order valence-electron chi connectivity index (χ0n) is 13.7. The average molecular weight is 386 g/mol. The first kappa shape index (κ1) is 20.1. The number of urea groups is 1. The molecule has 0 aromatic heterocycles. The summed E-state index contributed by atoms with van der Waals surface area (Å²) in [4.78, 5) is 12.1. The number of nitrogens with two attached hydrogens (primary N) is 1. The van der Waals surface area contributed by atoms with Gasteiger partial charge in [0.2, 0.25) is 0 Å². The molecule has 0 unspecified atom stereocenters. The SMILES string of the molecule is Cl.NC[C@@H]1C[C@H]1c1ccccc1NC(=O)Nc1ccc(C(F)(F)F)cc1. The number of hydrogen-bond donors (Lipinski definition) is 3. The Bertz CT molecular complexity index is 765. The molecule has 0 bridgehead atoms. The molecule has 26 heavy (non-hydrogen) atoms. The van der Waals surface area contributed by atoms with Crippen molar-refractivity contribution in [2.24, 2.45) is 11.7 Å². The molecule has 0 saturated heterocycles. The summed E-state index contributed by atoms with van der Waals surface area (Å²) in [5, 5.41) is 5.30. The summed E-state index contributed by atoms with van der Waals surface area (Å²) < 4.78 is 37.6. The van der Waals surface area contributed by atoms with Crippen LogP contribution in [0.3, 0.4) is 0 Å². The van der Waals surface area contributed by atoms with E-state index < -0.39 is 17.8 Å². The number of halogens is 4. The number of para-hydroxylation sites is 1. The molecule has 0 spiro atoms. The summed E-state index contributed by atoms with van der Waals surface area (Å²) in [7, 11) is 0. The van der Waals surface area contributed by atoms with Gasteiger partial charge in [-0.3, -0.25) is 0 Å². The highest BCUT2D eigenvalue weighted by molar-refractivity contribution is 6.00. The Hall–Kier alpha value is -2.25. The molecule has 1 saturated carbocycles. The molecule has 140 valence electrons. The van der Waals surface area contributed by atoms with Crippen molar-refractivity contribution >= 4 is 29.8 Å². The molecule has 2 amide bonds. The maximum atomic E-state index is 12.5. The summed E-state index contributed by atoms with van der Waals surface area (Å²) in [6, 6.07) is 11.3. The summed E-state index contributed by atoms with van der Waals surface area (Å²) in [6.45, 7) is 0.608. The van der Waals surface area contributed by atoms with Crippen LogP contribution in [0.2, 0.25) is 0 Å². The van der Waals surface area contributed by atoms with E-state index in [1.54, 1.807) is 6.07 Å². The number of carbonyl (C=O) groups excluding carboxylic acids is 1. The third kappa shape index (κ3) is 4.68. The van der Waals surface area contributed by atoms with Crippen molar-refractivity contribution < 1.29 is 18.0 Å². The lowest BCUT2D eigenvalue weighted by Crippen LogP contribution is -2.20. The molecule has 0 radical (unpaired) electrons. The van der Waals surface area contributed by atoms with Crippen molar-refractivity contribution in [2.75, 3.05) is 17.2 Å². The van der Waals surface area contributed by atoms with Crippen LogP contribution < -0.4 is 16.4 Å². The first-order chi connectivity index (χ1) is 11.9. The fraction of sp³-hybridized carbons (Fsp3) is 0.278. The quantitative estimate of drug-likeness (QED) is 0.705. The zero-order valence-corrected chi connectivity index (χ0v) is 14.5. The first-order valence-corrected chi connectivity index (χ1v) is 7.92.